The second kappa shape index (κ2) is 6.82. The van der Waals surface area contributed by atoms with E-state index in [2.05, 4.69) is 19.1 Å². The Balaban J connectivity index is 2.24. The minimum Gasteiger partial charge on any atom is -0.435 e. The Morgan fingerprint density at radius 2 is 1.82 bits per heavy atom. The maximum atomic E-state index is 12.6. The van der Waals surface area contributed by atoms with E-state index in [4.69, 9.17) is 9.47 Å². The third kappa shape index (κ3) is 3.70. The molecule has 22 heavy (non-hydrogen) atoms. The van der Waals surface area contributed by atoms with E-state index < -0.39 is 6.29 Å². The molecule has 2 rings (SSSR count). The summed E-state index contributed by atoms with van der Waals surface area (Å²) in [7, 11) is 0. The third-order valence-corrected chi connectivity index (χ3v) is 4.31. The zero-order valence-corrected chi connectivity index (χ0v) is 14.3. The van der Waals surface area contributed by atoms with Gasteiger partial charge in [0.2, 0.25) is 6.29 Å². The molecule has 1 aromatic carbocycles. The van der Waals surface area contributed by atoms with Gasteiger partial charge in [0.05, 0.1) is 12.0 Å². The normalized spacial score (nSPS) is 27.3. The van der Waals surface area contributed by atoms with E-state index >= 15 is 0 Å². The standard InChI is InChI=1S/C19H28O3/c1-6-10-15(14-11-8-7-9-12-14)16-13(2)21-18(19(3,4)5)22-17(16)20/h7-9,11-13,15-16,18H,6,10H2,1-5H3/t13-,15-,16+,18-/m1/s1. The van der Waals surface area contributed by atoms with Crippen molar-refractivity contribution >= 4 is 5.97 Å². The summed E-state index contributed by atoms with van der Waals surface area (Å²) in [4.78, 5) is 12.6. The number of esters is 1. The highest BCUT2D eigenvalue weighted by Crippen LogP contribution is 2.39. The second-order valence-corrected chi connectivity index (χ2v) is 7.31. The molecule has 1 aliphatic rings. The SMILES string of the molecule is CCC[C@H](c1ccccc1)[C@H]1C(=O)O[C@H](C(C)(C)C)O[C@@H]1C. The van der Waals surface area contributed by atoms with Crippen LogP contribution in [0.15, 0.2) is 30.3 Å². The molecule has 0 bridgehead atoms. The minimum atomic E-state index is -0.468. The van der Waals surface area contributed by atoms with Gasteiger partial charge in [0.15, 0.2) is 0 Å². The van der Waals surface area contributed by atoms with E-state index in [9.17, 15) is 4.79 Å². The lowest BCUT2D eigenvalue weighted by Crippen LogP contribution is -2.49. The summed E-state index contributed by atoms with van der Waals surface area (Å²) in [6, 6.07) is 10.2. The van der Waals surface area contributed by atoms with Gasteiger partial charge in [-0.1, -0.05) is 64.4 Å². The summed E-state index contributed by atoms with van der Waals surface area (Å²) >= 11 is 0. The first-order chi connectivity index (χ1) is 10.3. The Kier molecular flexibility index (Phi) is 5.28. The van der Waals surface area contributed by atoms with E-state index in [1.54, 1.807) is 0 Å². The van der Waals surface area contributed by atoms with Gasteiger partial charge in [-0.3, -0.25) is 4.79 Å². The Labute approximate surface area is 134 Å². The second-order valence-electron chi connectivity index (χ2n) is 7.31. The molecule has 0 radical (unpaired) electrons. The lowest BCUT2D eigenvalue weighted by Gasteiger charge is -2.42. The molecule has 1 aromatic rings. The number of carbonyl (C=O) groups excluding carboxylic acids is 1. The predicted octanol–water partition coefficient (Wildman–Crippen LogP) is 4.52. The number of cyclic esters (lactones) is 1. The lowest BCUT2D eigenvalue weighted by atomic mass is 9.79. The van der Waals surface area contributed by atoms with Gasteiger partial charge in [0.1, 0.15) is 0 Å². The van der Waals surface area contributed by atoms with Gasteiger partial charge in [0.25, 0.3) is 0 Å². The zero-order chi connectivity index (χ0) is 16.3. The molecule has 0 aliphatic carbocycles. The molecular formula is C19H28O3. The van der Waals surface area contributed by atoms with Crippen molar-refractivity contribution in [2.75, 3.05) is 0 Å². The molecule has 0 aromatic heterocycles. The van der Waals surface area contributed by atoms with E-state index in [0.29, 0.717) is 0 Å². The average molecular weight is 304 g/mol. The molecule has 0 spiro atoms. The van der Waals surface area contributed by atoms with Crippen LogP contribution in [0.2, 0.25) is 0 Å². The number of ether oxygens (including phenoxy) is 2. The summed E-state index contributed by atoms with van der Waals surface area (Å²) in [6.45, 7) is 10.2. The fraction of sp³-hybridized carbons (Fsp3) is 0.632. The lowest BCUT2D eigenvalue weighted by molar-refractivity contribution is -0.256. The topological polar surface area (TPSA) is 35.5 Å². The van der Waals surface area contributed by atoms with Crippen molar-refractivity contribution < 1.29 is 14.3 Å². The van der Waals surface area contributed by atoms with Crippen molar-refractivity contribution in [2.45, 2.75) is 65.8 Å². The largest absolute Gasteiger partial charge is 0.435 e. The average Bonchev–Trinajstić information content (AvgIpc) is 2.45. The molecule has 0 saturated carbocycles. The van der Waals surface area contributed by atoms with Crippen LogP contribution in [-0.2, 0) is 14.3 Å². The molecule has 3 nitrogen and oxygen atoms in total. The first-order valence-electron chi connectivity index (χ1n) is 8.25. The van der Waals surface area contributed by atoms with Gasteiger partial charge in [0, 0.05) is 5.41 Å². The van der Waals surface area contributed by atoms with Gasteiger partial charge in [-0.05, 0) is 24.8 Å². The first-order valence-corrected chi connectivity index (χ1v) is 8.25. The number of benzene rings is 1. The van der Waals surface area contributed by atoms with Crippen LogP contribution in [0.5, 0.6) is 0 Å². The summed E-state index contributed by atoms with van der Waals surface area (Å²) < 4.78 is 11.7. The van der Waals surface area contributed by atoms with Gasteiger partial charge in [-0.2, -0.15) is 0 Å². The molecule has 1 saturated heterocycles. The minimum absolute atomic E-state index is 0.124. The monoisotopic (exact) mass is 304 g/mol. The Morgan fingerprint density at radius 3 is 2.32 bits per heavy atom. The number of hydrogen-bond acceptors (Lipinski definition) is 3. The molecular weight excluding hydrogens is 276 g/mol. The smallest absolute Gasteiger partial charge is 0.314 e. The molecule has 0 amide bonds. The summed E-state index contributed by atoms with van der Waals surface area (Å²) in [6.07, 6.45) is 1.38. The molecule has 3 heteroatoms. The highest BCUT2D eigenvalue weighted by molar-refractivity contribution is 5.75. The summed E-state index contributed by atoms with van der Waals surface area (Å²) in [5, 5.41) is 0. The Hall–Kier alpha value is -1.35. The number of hydrogen-bond donors (Lipinski definition) is 0. The molecule has 1 aliphatic heterocycles. The summed E-state index contributed by atoms with van der Waals surface area (Å²) in [5.74, 6) is -0.212. The van der Waals surface area contributed by atoms with E-state index in [-0.39, 0.29) is 29.3 Å². The highest BCUT2D eigenvalue weighted by atomic mass is 16.7. The first kappa shape index (κ1) is 17.0. The van der Waals surface area contributed by atoms with Gasteiger partial charge >= 0.3 is 5.97 Å². The molecule has 0 N–H and O–H groups in total. The van der Waals surface area contributed by atoms with Gasteiger partial charge in [-0.15, -0.1) is 0 Å². The fourth-order valence-corrected chi connectivity index (χ4v) is 3.12. The van der Waals surface area contributed by atoms with Crippen LogP contribution in [0, 0.1) is 11.3 Å². The Bertz CT molecular complexity index is 489. The predicted molar refractivity (Wildman–Crippen MR) is 87.5 cm³/mol. The van der Waals surface area contributed by atoms with Gasteiger partial charge in [-0.25, -0.2) is 0 Å². The highest BCUT2D eigenvalue weighted by Gasteiger charge is 2.45. The van der Waals surface area contributed by atoms with E-state index in [1.807, 2.05) is 45.9 Å². The van der Waals surface area contributed by atoms with Crippen molar-refractivity contribution in [1.29, 1.82) is 0 Å². The van der Waals surface area contributed by atoms with Crippen LogP contribution >= 0.6 is 0 Å². The molecule has 4 atom stereocenters. The van der Waals surface area contributed by atoms with Crippen LogP contribution in [0.25, 0.3) is 0 Å². The zero-order valence-electron chi connectivity index (χ0n) is 14.3. The van der Waals surface area contributed by atoms with Crippen molar-refractivity contribution in [3.63, 3.8) is 0 Å². The number of rotatable bonds is 4. The number of carbonyl (C=O) groups is 1. The quantitative estimate of drug-likeness (QED) is 0.767. The fourth-order valence-electron chi connectivity index (χ4n) is 3.12. The molecule has 122 valence electrons. The Morgan fingerprint density at radius 1 is 1.18 bits per heavy atom. The van der Waals surface area contributed by atoms with E-state index in [0.717, 1.165) is 12.8 Å². The summed E-state index contributed by atoms with van der Waals surface area (Å²) in [5.41, 5.74) is 0.984. The van der Waals surface area contributed by atoms with Crippen LogP contribution in [0.3, 0.4) is 0 Å². The van der Waals surface area contributed by atoms with Crippen LogP contribution in [0.4, 0.5) is 0 Å². The van der Waals surface area contributed by atoms with Crippen molar-refractivity contribution in [3.8, 4) is 0 Å². The molecule has 1 fully saturated rings. The maximum Gasteiger partial charge on any atom is 0.314 e. The van der Waals surface area contributed by atoms with Crippen molar-refractivity contribution in [2.24, 2.45) is 11.3 Å². The molecule has 1 heterocycles. The van der Waals surface area contributed by atoms with Crippen molar-refractivity contribution in [1.82, 2.24) is 0 Å². The van der Waals surface area contributed by atoms with E-state index in [1.165, 1.54) is 5.56 Å². The van der Waals surface area contributed by atoms with Gasteiger partial charge < -0.3 is 9.47 Å². The van der Waals surface area contributed by atoms with Crippen LogP contribution in [0.1, 0.15) is 58.9 Å². The van der Waals surface area contributed by atoms with Crippen LogP contribution in [-0.4, -0.2) is 18.4 Å². The van der Waals surface area contributed by atoms with Crippen LogP contribution < -0.4 is 0 Å². The third-order valence-electron chi connectivity index (χ3n) is 4.31. The molecule has 0 unspecified atom stereocenters. The maximum absolute atomic E-state index is 12.6. The van der Waals surface area contributed by atoms with Crippen molar-refractivity contribution in [3.05, 3.63) is 35.9 Å².